The van der Waals surface area contributed by atoms with Crippen LogP contribution in [0.2, 0.25) is 5.02 Å². The van der Waals surface area contributed by atoms with E-state index in [2.05, 4.69) is 10.4 Å². The third-order valence-electron chi connectivity index (χ3n) is 5.91. The van der Waals surface area contributed by atoms with E-state index in [0.29, 0.717) is 43.4 Å². The summed E-state index contributed by atoms with van der Waals surface area (Å²) in [7, 11) is 0. The molecule has 0 atom stereocenters. The highest BCUT2D eigenvalue weighted by molar-refractivity contribution is 6.31. The number of nitrogens with zero attached hydrogens (tertiary/aromatic N) is 5. The lowest BCUT2D eigenvalue weighted by molar-refractivity contribution is -0.133. The van der Waals surface area contributed by atoms with E-state index in [0.717, 1.165) is 37.1 Å². The molecule has 10 heteroatoms. The van der Waals surface area contributed by atoms with Crippen LogP contribution < -0.4 is 11.0 Å². The van der Waals surface area contributed by atoms with E-state index in [9.17, 15) is 14.4 Å². The fourth-order valence-electron chi connectivity index (χ4n) is 3.99. The molecule has 1 saturated heterocycles. The molecule has 4 rings (SSSR count). The van der Waals surface area contributed by atoms with Crippen molar-refractivity contribution in [3.63, 3.8) is 0 Å². The van der Waals surface area contributed by atoms with E-state index in [1.807, 2.05) is 19.1 Å². The van der Waals surface area contributed by atoms with Crippen molar-refractivity contribution in [2.45, 2.75) is 45.7 Å². The monoisotopic (exact) mass is 446 g/mol. The van der Waals surface area contributed by atoms with Crippen LogP contribution in [0.3, 0.4) is 0 Å². The van der Waals surface area contributed by atoms with E-state index in [4.69, 9.17) is 11.6 Å². The normalized spacial score (nSPS) is 16.6. The van der Waals surface area contributed by atoms with Crippen molar-refractivity contribution in [3.05, 3.63) is 45.1 Å². The lowest BCUT2D eigenvalue weighted by Gasteiger charge is -2.34. The Kier molecular flexibility index (Phi) is 6.31. The molecule has 0 aliphatic carbocycles. The quantitative estimate of drug-likeness (QED) is 0.781. The van der Waals surface area contributed by atoms with Gasteiger partial charge in [0.2, 0.25) is 5.91 Å². The summed E-state index contributed by atoms with van der Waals surface area (Å²) in [5.41, 5.74) is 1.37. The predicted molar refractivity (Wildman–Crippen MR) is 117 cm³/mol. The van der Waals surface area contributed by atoms with Crippen molar-refractivity contribution in [2.24, 2.45) is 0 Å². The molecule has 0 saturated carbocycles. The molecule has 166 valence electrons. The smallest absolute Gasteiger partial charge is 0.338 e. The van der Waals surface area contributed by atoms with Crippen LogP contribution in [0.5, 0.6) is 0 Å². The van der Waals surface area contributed by atoms with E-state index in [1.165, 1.54) is 4.68 Å². The number of aromatic nitrogens is 3. The minimum atomic E-state index is -0.221. The van der Waals surface area contributed by atoms with Gasteiger partial charge in [-0.1, -0.05) is 24.1 Å². The molecule has 0 bridgehead atoms. The van der Waals surface area contributed by atoms with E-state index >= 15 is 0 Å². The number of anilines is 1. The molecule has 0 unspecified atom stereocenters. The zero-order valence-electron chi connectivity index (χ0n) is 17.6. The van der Waals surface area contributed by atoms with Gasteiger partial charge < -0.3 is 15.1 Å². The molecule has 1 N–H and O–H groups in total. The molecule has 1 fully saturated rings. The SMILES string of the molecule is Cc1ccc(NC(=O)N2CCN(C(=O)Cn3nc4n(c3=O)CCCCC4)CC2)cc1Cl. The van der Waals surface area contributed by atoms with Crippen molar-refractivity contribution < 1.29 is 9.59 Å². The number of nitrogens with one attached hydrogen (secondary N) is 1. The molecule has 3 heterocycles. The minimum Gasteiger partial charge on any atom is -0.338 e. The molecule has 2 aromatic rings. The van der Waals surface area contributed by atoms with Crippen molar-refractivity contribution in [1.82, 2.24) is 24.1 Å². The summed E-state index contributed by atoms with van der Waals surface area (Å²) >= 11 is 6.12. The van der Waals surface area contributed by atoms with Crippen molar-refractivity contribution in [1.29, 1.82) is 0 Å². The molecule has 9 nitrogen and oxygen atoms in total. The van der Waals surface area contributed by atoms with Gasteiger partial charge in [0.05, 0.1) is 0 Å². The summed E-state index contributed by atoms with van der Waals surface area (Å²) in [5, 5.41) is 7.82. The summed E-state index contributed by atoms with van der Waals surface area (Å²) in [5.74, 6) is 0.619. The Labute approximate surface area is 185 Å². The first-order valence-corrected chi connectivity index (χ1v) is 11.1. The molecule has 3 amide bonds. The van der Waals surface area contributed by atoms with Gasteiger partial charge in [-0.25, -0.2) is 14.3 Å². The van der Waals surface area contributed by atoms with Gasteiger partial charge in [0.25, 0.3) is 0 Å². The average Bonchev–Trinajstić information content (AvgIpc) is 2.92. The Balaban J connectivity index is 1.31. The highest BCUT2D eigenvalue weighted by Gasteiger charge is 2.26. The van der Waals surface area contributed by atoms with E-state index < -0.39 is 0 Å². The summed E-state index contributed by atoms with van der Waals surface area (Å²) < 4.78 is 2.98. The van der Waals surface area contributed by atoms with Crippen LogP contribution in [0.1, 0.15) is 30.7 Å². The predicted octanol–water partition coefficient (Wildman–Crippen LogP) is 2.11. The maximum atomic E-state index is 12.7. The number of carbonyl (C=O) groups is 2. The molecule has 1 aromatic carbocycles. The number of hydrogen-bond acceptors (Lipinski definition) is 4. The first kappa shape index (κ1) is 21.4. The first-order chi connectivity index (χ1) is 14.9. The summed E-state index contributed by atoms with van der Waals surface area (Å²) in [6, 6.07) is 5.16. The van der Waals surface area contributed by atoms with Gasteiger partial charge in [0.1, 0.15) is 12.4 Å². The highest BCUT2D eigenvalue weighted by Crippen LogP contribution is 2.20. The molecule has 0 radical (unpaired) electrons. The lowest BCUT2D eigenvalue weighted by atomic mass is 10.2. The zero-order chi connectivity index (χ0) is 22.0. The van der Waals surface area contributed by atoms with Crippen molar-refractivity contribution in [3.8, 4) is 0 Å². The minimum absolute atomic E-state index is 0.0626. The van der Waals surface area contributed by atoms with Crippen LogP contribution >= 0.6 is 11.6 Å². The fourth-order valence-corrected chi connectivity index (χ4v) is 4.17. The molecule has 2 aliphatic rings. The number of piperazine rings is 1. The Morgan fingerprint density at radius 2 is 1.81 bits per heavy atom. The van der Waals surface area contributed by atoms with Gasteiger partial charge in [-0.3, -0.25) is 9.36 Å². The van der Waals surface area contributed by atoms with Gasteiger partial charge in [-0.2, -0.15) is 5.10 Å². The van der Waals surface area contributed by atoms with Crippen LogP contribution in [0.4, 0.5) is 10.5 Å². The van der Waals surface area contributed by atoms with Crippen LogP contribution in [0, 0.1) is 6.92 Å². The average molecular weight is 447 g/mol. The fraction of sp³-hybridized carbons (Fsp3) is 0.524. The number of fused-ring (bicyclic) bond motifs is 1. The van der Waals surface area contributed by atoms with E-state index in [1.54, 1.807) is 20.4 Å². The molecule has 0 spiro atoms. The third kappa shape index (κ3) is 4.76. The molecular weight excluding hydrogens is 420 g/mol. The topological polar surface area (TPSA) is 92.5 Å². The lowest BCUT2D eigenvalue weighted by Crippen LogP contribution is -2.52. The van der Waals surface area contributed by atoms with Crippen molar-refractivity contribution >= 4 is 29.2 Å². The van der Waals surface area contributed by atoms with Gasteiger partial charge in [-0.05, 0) is 37.5 Å². The highest BCUT2D eigenvalue weighted by atomic mass is 35.5. The maximum absolute atomic E-state index is 12.7. The van der Waals surface area contributed by atoms with Crippen LogP contribution in [0.25, 0.3) is 0 Å². The largest absolute Gasteiger partial charge is 0.346 e. The molecule has 1 aromatic heterocycles. The Bertz CT molecular complexity index is 1040. The Morgan fingerprint density at radius 3 is 2.55 bits per heavy atom. The second-order valence-corrected chi connectivity index (χ2v) is 8.49. The molecule has 2 aliphatic heterocycles. The summed E-state index contributed by atoms with van der Waals surface area (Å²) in [6.45, 7) is 4.19. The van der Waals surface area contributed by atoms with Gasteiger partial charge in [0, 0.05) is 49.9 Å². The van der Waals surface area contributed by atoms with Gasteiger partial charge in [0.15, 0.2) is 0 Å². The standard InChI is InChI=1S/C21H27ClN6O3/c1-15-6-7-16(13-17(15)22)23-20(30)26-11-9-25(10-12-26)19(29)14-28-21(31)27-8-4-2-3-5-18(27)24-28/h6-7,13H,2-5,8-12,14H2,1H3,(H,23,30). The number of rotatable bonds is 3. The number of carbonyl (C=O) groups excluding carboxylic acids is 2. The number of aryl methyl sites for hydroxylation is 2. The second kappa shape index (κ2) is 9.13. The third-order valence-corrected chi connectivity index (χ3v) is 6.32. The molecular formula is C21H27ClN6O3. The number of benzene rings is 1. The van der Waals surface area contributed by atoms with Gasteiger partial charge >= 0.3 is 11.7 Å². The number of hydrogen-bond donors (Lipinski definition) is 1. The summed E-state index contributed by atoms with van der Waals surface area (Å²) in [4.78, 5) is 41.2. The zero-order valence-corrected chi connectivity index (χ0v) is 18.4. The second-order valence-electron chi connectivity index (χ2n) is 8.08. The Hall–Kier alpha value is -2.81. The number of urea groups is 1. The number of halogens is 1. The summed E-state index contributed by atoms with van der Waals surface area (Å²) in [6.07, 6.45) is 3.85. The van der Waals surface area contributed by atoms with Gasteiger partial charge in [-0.15, -0.1) is 0 Å². The molecule has 31 heavy (non-hydrogen) atoms. The van der Waals surface area contributed by atoms with Crippen LogP contribution in [-0.4, -0.2) is 62.3 Å². The van der Waals surface area contributed by atoms with Crippen LogP contribution in [-0.2, 0) is 24.3 Å². The maximum Gasteiger partial charge on any atom is 0.346 e. The Morgan fingerprint density at radius 1 is 1.06 bits per heavy atom. The van der Waals surface area contributed by atoms with E-state index in [-0.39, 0.29) is 24.2 Å². The van der Waals surface area contributed by atoms with Crippen LogP contribution in [0.15, 0.2) is 23.0 Å². The first-order valence-electron chi connectivity index (χ1n) is 10.7. The van der Waals surface area contributed by atoms with Crippen molar-refractivity contribution in [2.75, 3.05) is 31.5 Å². The number of amides is 3.